The molecule has 0 fully saturated rings. The molecule has 5 heteroatoms. The van der Waals surface area contributed by atoms with E-state index in [0.29, 0.717) is 12.7 Å². The summed E-state index contributed by atoms with van der Waals surface area (Å²) in [7, 11) is 0. The summed E-state index contributed by atoms with van der Waals surface area (Å²) in [6, 6.07) is 10.6. The quantitative estimate of drug-likeness (QED) is 0.233. The number of hydrogen-bond donors (Lipinski definition) is 2. The zero-order chi connectivity index (χ0) is 20.5. The first-order valence-electron chi connectivity index (χ1n) is 10.6. The molecule has 0 aromatic heterocycles. The molecule has 2 N–H and O–H groups in total. The van der Waals surface area contributed by atoms with Gasteiger partial charge in [0.25, 0.3) is 0 Å². The molecule has 1 amide bonds. The van der Waals surface area contributed by atoms with Crippen molar-refractivity contribution in [2.24, 2.45) is 5.92 Å². The van der Waals surface area contributed by atoms with Gasteiger partial charge in [0.05, 0.1) is 0 Å². The van der Waals surface area contributed by atoms with Gasteiger partial charge in [0.15, 0.2) is 0 Å². The number of unbranched alkanes of at least 4 members (excludes halogenated alkanes) is 8. The van der Waals surface area contributed by atoms with Crippen LogP contribution in [0.3, 0.4) is 0 Å². The number of amides is 1. The van der Waals surface area contributed by atoms with E-state index in [1.807, 2.05) is 0 Å². The Kier molecular flexibility index (Phi) is 13.5. The fourth-order valence-corrected chi connectivity index (χ4v) is 3.20. The van der Waals surface area contributed by atoms with Crippen molar-refractivity contribution in [3.05, 3.63) is 35.9 Å². The number of carboxylic acid groups (broad SMARTS) is 1. The highest BCUT2D eigenvalue weighted by Gasteiger charge is 2.15. The molecule has 28 heavy (non-hydrogen) atoms. The number of aldehydes is 1. The average Bonchev–Trinajstić information content (AvgIpc) is 2.70. The van der Waals surface area contributed by atoms with Gasteiger partial charge in [0.2, 0.25) is 5.91 Å². The Balaban J connectivity index is 1.85. The summed E-state index contributed by atoms with van der Waals surface area (Å²) in [5, 5.41) is 11.4. The Morgan fingerprint density at radius 3 is 2.04 bits per heavy atom. The van der Waals surface area contributed by atoms with Crippen LogP contribution in [0.4, 0.5) is 0 Å². The number of aliphatic carboxylic acids is 1. The third-order valence-electron chi connectivity index (χ3n) is 4.97. The molecule has 156 valence electrons. The van der Waals surface area contributed by atoms with Gasteiger partial charge in [-0.05, 0) is 31.2 Å². The third-order valence-corrected chi connectivity index (χ3v) is 4.97. The number of hydrogen-bond acceptors (Lipinski definition) is 3. The fraction of sp³-hybridized carbons (Fsp3) is 0.609. The lowest BCUT2D eigenvalue weighted by atomic mass is 10.0. The summed E-state index contributed by atoms with van der Waals surface area (Å²) in [4.78, 5) is 32.9. The lowest BCUT2D eigenvalue weighted by Gasteiger charge is -2.07. The van der Waals surface area contributed by atoms with Crippen LogP contribution in [0.15, 0.2) is 30.3 Å². The molecule has 0 aliphatic heterocycles. The smallest absolute Gasteiger partial charge is 0.313 e. The van der Waals surface area contributed by atoms with Crippen molar-refractivity contribution in [3.8, 4) is 0 Å². The Hall–Kier alpha value is -2.17. The van der Waals surface area contributed by atoms with E-state index < -0.39 is 11.9 Å². The van der Waals surface area contributed by atoms with Gasteiger partial charge in [-0.3, -0.25) is 9.59 Å². The summed E-state index contributed by atoms with van der Waals surface area (Å²) >= 11 is 0. The van der Waals surface area contributed by atoms with Crippen molar-refractivity contribution in [3.63, 3.8) is 0 Å². The molecule has 0 aliphatic rings. The van der Waals surface area contributed by atoms with E-state index in [1.54, 1.807) is 0 Å². The molecule has 0 saturated carbocycles. The second kappa shape index (κ2) is 15.8. The summed E-state index contributed by atoms with van der Waals surface area (Å²) in [5.74, 6) is -2.23. The molecule has 0 aliphatic carbocycles. The van der Waals surface area contributed by atoms with Crippen LogP contribution in [-0.2, 0) is 20.8 Å². The van der Waals surface area contributed by atoms with Gasteiger partial charge < -0.3 is 15.2 Å². The molecule has 0 heterocycles. The van der Waals surface area contributed by atoms with E-state index in [2.05, 4.69) is 35.6 Å². The highest BCUT2D eigenvalue weighted by atomic mass is 16.4. The van der Waals surface area contributed by atoms with E-state index in [9.17, 15) is 14.4 Å². The maximum Gasteiger partial charge on any atom is 0.313 e. The number of nitrogens with one attached hydrogen (secondary N) is 1. The second-order valence-corrected chi connectivity index (χ2v) is 7.39. The maximum absolute atomic E-state index is 11.7. The topological polar surface area (TPSA) is 83.5 Å². The van der Waals surface area contributed by atoms with Gasteiger partial charge in [0.1, 0.15) is 12.2 Å². The normalized spacial score (nSPS) is 11.7. The number of carbonyl (C=O) groups is 3. The van der Waals surface area contributed by atoms with E-state index in [-0.39, 0.29) is 18.9 Å². The first-order valence-corrected chi connectivity index (χ1v) is 10.6. The van der Waals surface area contributed by atoms with Crippen LogP contribution < -0.4 is 5.32 Å². The van der Waals surface area contributed by atoms with Crippen LogP contribution in [0.5, 0.6) is 0 Å². The predicted molar refractivity (Wildman–Crippen MR) is 111 cm³/mol. The molecule has 1 unspecified atom stereocenters. The number of benzene rings is 1. The van der Waals surface area contributed by atoms with Gasteiger partial charge in [-0.25, -0.2) is 0 Å². The van der Waals surface area contributed by atoms with E-state index in [1.165, 1.54) is 50.5 Å². The molecule has 5 nitrogen and oxygen atoms in total. The maximum atomic E-state index is 11.7. The molecular weight excluding hydrogens is 354 g/mol. The zero-order valence-corrected chi connectivity index (χ0v) is 16.9. The first kappa shape index (κ1) is 23.9. The molecule has 1 aromatic rings. The molecule has 1 rings (SSSR count). The van der Waals surface area contributed by atoms with Gasteiger partial charge in [-0.2, -0.15) is 0 Å². The minimum Gasteiger partial charge on any atom is -0.481 e. The third kappa shape index (κ3) is 12.3. The second-order valence-electron chi connectivity index (χ2n) is 7.39. The van der Waals surface area contributed by atoms with Gasteiger partial charge >= 0.3 is 5.97 Å². The summed E-state index contributed by atoms with van der Waals surface area (Å²) in [6.07, 6.45) is 12.9. The molecule has 0 radical (unpaired) electrons. The molecule has 0 saturated heterocycles. The lowest BCUT2D eigenvalue weighted by Crippen LogP contribution is -2.28. The SMILES string of the molecule is O=CC(CCNC(=O)CCCCCCCCCCCc1ccccc1)C(=O)O. The first-order chi connectivity index (χ1) is 13.6. The number of carboxylic acids is 1. The van der Waals surface area contributed by atoms with Crippen molar-refractivity contribution in [1.82, 2.24) is 5.32 Å². The lowest BCUT2D eigenvalue weighted by molar-refractivity contribution is -0.143. The standard InChI is InChI=1S/C23H35NO4/c25-19-21(23(27)28)17-18-24-22(26)16-12-7-5-3-1-2-4-6-9-13-20-14-10-8-11-15-20/h8,10-11,14-15,19,21H,1-7,9,12-13,16-18H2,(H,24,26)(H,27,28). The van der Waals surface area contributed by atoms with E-state index in [4.69, 9.17) is 5.11 Å². The minimum absolute atomic E-state index is 0.0616. The molecule has 0 spiro atoms. The fourth-order valence-electron chi connectivity index (χ4n) is 3.20. The molecular formula is C23H35NO4. The predicted octanol–water partition coefficient (Wildman–Crippen LogP) is 4.54. The van der Waals surface area contributed by atoms with E-state index in [0.717, 1.165) is 19.3 Å². The van der Waals surface area contributed by atoms with Crippen molar-refractivity contribution in [1.29, 1.82) is 0 Å². The highest BCUT2D eigenvalue weighted by Crippen LogP contribution is 2.12. The van der Waals surface area contributed by atoms with Crippen LogP contribution in [0.2, 0.25) is 0 Å². The molecule has 1 aromatic carbocycles. The highest BCUT2D eigenvalue weighted by molar-refractivity contribution is 5.86. The van der Waals surface area contributed by atoms with Crippen LogP contribution in [0, 0.1) is 5.92 Å². The van der Waals surface area contributed by atoms with Crippen molar-refractivity contribution >= 4 is 18.2 Å². The average molecular weight is 390 g/mol. The number of carbonyl (C=O) groups excluding carboxylic acids is 2. The molecule has 1 atom stereocenters. The monoisotopic (exact) mass is 389 g/mol. The largest absolute Gasteiger partial charge is 0.481 e. The van der Waals surface area contributed by atoms with Gasteiger partial charge in [0, 0.05) is 13.0 Å². The Bertz CT molecular complexity index is 559. The van der Waals surface area contributed by atoms with Gasteiger partial charge in [-0.1, -0.05) is 75.3 Å². The van der Waals surface area contributed by atoms with Crippen molar-refractivity contribution in [2.75, 3.05) is 6.54 Å². The van der Waals surface area contributed by atoms with Crippen molar-refractivity contribution in [2.45, 2.75) is 77.0 Å². The van der Waals surface area contributed by atoms with Gasteiger partial charge in [-0.15, -0.1) is 0 Å². The summed E-state index contributed by atoms with van der Waals surface area (Å²) < 4.78 is 0. The van der Waals surface area contributed by atoms with Crippen molar-refractivity contribution < 1.29 is 19.5 Å². The summed E-state index contributed by atoms with van der Waals surface area (Å²) in [5.41, 5.74) is 1.43. The Morgan fingerprint density at radius 2 is 1.46 bits per heavy atom. The summed E-state index contributed by atoms with van der Waals surface area (Å²) in [6.45, 7) is 0.235. The van der Waals surface area contributed by atoms with E-state index >= 15 is 0 Å². The van der Waals surface area contributed by atoms with Crippen LogP contribution >= 0.6 is 0 Å². The Morgan fingerprint density at radius 1 is 0.893 bits per heavy atom. The Labute approximate surface area is 168 Å². The zero-order valence-electron chi connectivity index (χ0n) is 16.9. The van der Waals surface area contributed by atoms with Crippen LogP contribution in [-0.4, -0.2) is 29.8 Å². The molecule has 0 bridgehead atoms. The minimum atomic E-state index is -1.14. The number of aryl methyl sites for hydroxylation is 1. The number of rotatable bonds is 17. The van der Waals surface area contributed by atoms with Crippen LogP contribution in [0.25, 0.3) is 0 Å². The van der Waals surface area contributed by atoms with Crippen LogP contribution in [0.1, 0.15) is 76.2 Å².